The molecule has 0 aliphatic carbocycles. The normalized spacial score (nSPS) is 10.8. The number of rotatable bonds is 8. The summed E-state index contributed by atoms with van der Waals surface area (Å²) in [6, 6.07) is 10.6. The predicted octanol–water partition coefficient (Wildman–Crippen LogP) is 5.50. The van der Waals surface area contributed by atoms with E-state index < -0.39 is 11.6 Å². The molecule has 0 radical (unpaired) electrons. The third-order valence-corrected chi connectivity index (χ3v) is 6.99. The summed E-state index contributed by atoms with van der Waals surface area (Å²) in [5.41, 5.74) is 0.467. The van der Waals surface area contributed by atoms with Crippen molar-refractivity contribution in [2.75, 3.05) is 10.2 Å². The van der Waals surface area contributed by atoms with Gasteiger partial charge in [0.1, 0.15) is 11.6 Å². The van der Waals surface area contributed by atoms with Gasteiger partial charge < -0.3 is 10.2 Å². The maximum absolute atomic E-state index is 14.4. The van der Waals surface area contributed by atoms with Crippen LogP contribution in [0.4, 0.5) is 19.6 Å². The molecular formula is C22H17F2N3O2S3. The van der Waals surface area contributed by atoms with Gasteiger partial charge in [-0.3, -0.25) is 9.59 Å². The lowest BCUT2D eigenvalue weighted by Crippen LogP contribution is -2.32. The molecule has 164 valence electrons. The topological polar surface area (TPSA) is 62.3 Å². The smallest absolute Gasteiger partial charge is 0.233 e. The van der Waals surface area contributed by atoms with Gasteiger partial charge in [0.25, 0.3) is 0 Å². The SMILES string of the molecule is O=C(Cc1cccs1)Nc1nc(CC(=O)N(Cc2cccs2)c2ccc(F)cc2F)cs1. The van der Waals surface area contributed by atoms with E-state index in [9.17, 15) is 18.4 Å². The Kier molecular flexibility index (Phi) is 7.03. The van der Waals surface area contributed by atoms with Crippen LogP contribution in [0.1, 0.15) is 15.4 Å². The number of benzene rings is 1. The van der Waals surface area contributed by atoms with E-state index in [1.54, 1.807) is 5.38 Å². The van der Waals surface area contributed by atoms with E-state index in [4.69, 9.17) is 0 Å². The molecule has 0 spiro atoms. The fourth-order valence-corrected chi connectivity index (χ4v) is 5.12. The van der Waals surface area contributed by atoms with Crippen molar-refractivity contribution in [3.8, 4) is 0 Å². The summed E-state index contributed by atoms with van der Waals surface area (Å²) in [4.78, 5) is 32.6. The molecule has 0 atom stereocenters. The number of nitrogens with one attached hydrogen (secondary N) is 1. The molecule has 32 heavy (non-hydrogen) atoms. The number of amides is 2. The van der Waals surface area contributed by atoms with Crippen molar-refractivity contribution < 1.29 is 18.4 Å². The number of aromatic nitrogens is 1. The molecule has 1 aromatic carbocycles. The number of thiazole rings is 1. The number of hydrogen-bond donors (Lipinski definition) is 1. The van der Waals surface area contributed by atoms with Crippen LogP contribution in [0.2, 0.25) is 0 Å². The highest BCUT2D eigenvalue weighted by atomic mass is 32.1. The Labute approximate surface area is 195 Å². The molecule has 0 saturated carbocycles. The summed E-state index contributed by atoms with van der Waals surface area (Å²) in [5.74, 6) is -2.09. The third-order valence-electron chi connectivity index (χ3n) is 4.44. The van der Waals surface area contributed by atoms with Crippen molar-refractivity contribution in [2.45, 2.75) is 19.4 Å². The third kappa shape index (κ3) is 5.64. The van der Waals surface area contributed by atoms with Crippen LogP contribution in [0, 0.1) is 11.6 Å². The fraction of sp³-hybridized carbons (Fsp3) is 0.136. The van der Waals surface area contributed by atoms with Crippen molar-refractivity contribution in [2.24, 2.45) is 0 Å². The van der Waals surface area contributed by atoms with Crippen LogP contribution >= 0.6 is 34.0 Å². The summed E-state index contributed by atoms with van der Waals surface area (Å²) in [7, 11) is 0. The number of hydrogen-bond acceptors (Lipinski definition) is 6. The van der Waals surface area contributed by atoms with Crippen LogP contribution in [0.3, 0.4) is 0 Å². The van der Waals surface area contributed by atoms with Crippen LogP contribution < -0.4 is 10.2 Å². The second-order valence-electron chi connectivity index (χ2n) is 6.78. The Bertz CT molecular complexity index is 1210. The maximum Gasteiger partial charge on any atom is 0.233 e. The van der Waals surface area contributed by atoms with Crippen molar-refractivity contribution in [1.29, 1.82) is 0 Å². The van der Waals surface area contributed by atoms with Crippen molar-refractivity contribution >= 4 is 56.6 Å². The van der Waals surface area contributed by atoms with Crippen LogP contribution in [0.25, 0.3) is 0 Å². The summed E-state index contributed by atoms with van der Waals surface area (Å²) in [6.45, 7) is 0.160. The quantitative estimate of drug-likeness (QED) is 0.355. The minimum absolute atomic E-state index is 0.00417. The van der Waals surface area contributed by atoms with Crippen LogP contribution in [-0.2, 0) is 29.0 Å². The molecule has 3 heterocycles. The Hall–Kier alpha value is -2.95. The molecular weight excluding hydrogens is 472 g/mol. The number of thiophene rings is 2. The summed E-state index contributed by atoms with van der Waals surface area (Å²) in [6.07, 6.45) is 0.170. The molecule has 0 aliphatic heterocycles. The molecule has 0 aliphatic rings. The Morgan fingerprint density at radius 3 is 2.41 bits per heavy atom. The van der Waals surface area contributed by atoms with Gasteiger partial charge in [0.2, 0.25) is 11.8 Å². The average Bonchev–Trinajstić information content (AvgIpc) is 3.50. The lowest BCUT2D eigenvalue weighted by Gasteiger charge is -2.22. The molecule has 2 amide bonds. The zero-order chi connectivity index (χ0) is 22.5. The standard InChI is InChI=1S/C22H17F2N3O2S3/c23-14-5-6-19(18(24)9-14)27(12-17-4-2-8-31-17)21(29)10-15-13-32-22(25-15)26-20(28)11-16-3-1-7-30-16/h1-9,13H,10-12H2,(H,25,26,28). The van der Waals surface area contributed by atoms with E-state index >= 15 is 0 Å². The highest BCUT2D eigenvalue weighted by Gasteiger charge is 2.22. The van der Waals surface area contributed by atoms with E-state index in [2.05, 4.69) is 10.3 Å². The van der Waals surface area contributed by atoms with Gasteiger partial charge in [0, 0.05) is 21.2 Å². The van der Waals surface area contributed by atoms with Crippen LogP contribution in [0.15, 0.2) is 58.6 Å². The lowest BCUT2D eigenvalue weighted by atomic mass is 10.2. The number of carbonyl (C=O) groups excluding carboxylic acids is 2. The highest BCUT2D eigenvalue weighted by Crippen LogP contribution is 2.25. The predicted molar refractivity (Wildman–Crippen MR) is 124 cm³/mol. The molecule has 0 unspecified atom stereocenters. The molecule has 3 aromatic heterocycles. The molecule has 10 heteroatoms. The lowest BCUT2D eigenvalue weighted by molar-refractivity contribution is -0.118. The van der Waals surface area contributed by atoms with Gasteiger partial charge in [-0.15, -0.1) is 34.0 Å². The molecule has 0 bridgehead atoms. The van der Waals surface area contributed by atoms with E-state index in [1.807, 2.05) is 35.0 Å². The van der Waals surface area contributed by atoms with Gasteiger partial charge in [-0.25, -0.2) is 13.8 Å². The molecule has 1 N–H and O–H groups in total. The number of halogens is 2. The van der Waals surface area contributed by atoms with Crippen molar-refractivity contribution in [1.82, 2.24) is 4.98 Å². The van der Waals surface area contributed by atoms with Crippen molar-refractivity contribution in [3.63, 3.8) is 0 Å². The summed E-state index contributed by atoms with van der Waals surface area (Å²) < 4.78 is 27.8. The Morgan fingerprint density at radius 2 is 1.72 bits per heavy atom. The average molecular weight is 490 g/mol. The number of carbonyl (C=O) groups is 2. The largest absolute Gasteiger partial charge is 0.304 e. The zero-order valence-electron chi connectivity index (χ0n) is 16.6. The minimum atomic E-state index is -0.810. The molecule has 0 fully saturated rings. The minimum Gasteiger partial charge on any atom is -0.304 e. The molecule has 0 saturated heterocycles. The first kappa shape index (κ1) is 22.3. The van der Waals surface area contributed by atoms with Gasteiger partial charge in [0.15, 0.2) is 5.13 Å². The number of anilines is 2. The van der Waals surface area contributed by atoms with Crippen LogP contribution in [-0.4, -0.2) is 16.8 Å². The molecule has 4 rings (SSSR count). The van der Waals surface area contributed by atoms with Gasteiger partial charge in [-0.05, 0) is 35.0 Å². The zero-order valence-corrected chi connectivity index (χ0v) is 19.0. The van der Waals surface area contributed by atoms with E-state index in [0.717, 1.165) is 21.9 Å². The summed E-state index contributed by atoms with van der Waals surface area (Å²) >= 11 is 4.16. The van der Waals surface area contributed by atoms with Crippen molar-refractivity contribution in [3.05, 3.63) is 85.7 Å². The first-order chi connectivity index (χ1) is 15.5. The van der Waals surface area contributed by atoms with Gasteiger partial charge in [0.05, 0.1) is 30.8 Å². The van der Waals surface area contributed by atoms with Gasteiger partial charge in [-0.1, -0.05) is 12.1 Å². The van der Waals surface area contributed by atoms with E-state index in [1.165, 1.54) is 45.0 Å². The van der Waals surface area contributed by atoms with E-state index in [-0.39, 0.29) is 36.9 Å². The van der Waals surface area contributed by atoms with E-state index in [0.29, 0.717) is 10.8 Å². The summed E-state index contributed by atoms with van der Waals surface area (Å²) in [5, 5.41) is 8.59. The first-order valence-corrected chi connectivity index (χ1v) is 12.2. The highest BCUT2D eigenvalue weighted by molar-refractivity contribution is 7.14. The first-order valence-electron chi connectivity index (χ1n) is 9.52. The second kappa shape index (κ2) is 10.1. The van der Waals surface area contributed by atoms with Gasteiger partial charge in [-0.2, -0.15) is 0 Å². The molecule has 5 nitrogen and oxygen atoms in total. The molecule has 4 aromatic rings. The Morgan fingerprint density at radius 1 is 0.969 bits per heavy atom. The number of nitrogens with zero attached hydrogens (tertiary/aromatic N) is 2. The maximum atomic E-state index is 14.4. The van der Waals surface area contributed by atoms with Crippen LogP contribution in [0.5, 0.6) is 0 Å². The van der Waals surface area contributed by atoms with Gasteiger partial charge >= 0.3 is 0 Å². The fourth-order valence-electron chi connectivity index (χ4n) is 3.00. The Balaban J connectivity index is 1.46. The monoisotopic (exact) mass is 489 g/mol. The second-order valence-corrected chi connectivity index (χ2v) is 9.70.